The van der Waals surface area contributed by atoms with Crippen molar-refractivity contribution in [2.24, 2.45) is 5.92 Å². The quantitative estimate of drug-likeness (QED) is 0.875. The van der Waals surface area contributed by atoms with Gasteiger partial charge >= 0.3 is 5.97 Å². The minimum atomic E-state index is -1.05. The number of carbonyl (C=O) groups is 2. The zero-order valence-electron chi connectivity index (χ0n) is 11.0. The average molecular weight is 263 g/mol. The van der Waals surface area contributed by atoms with E-state index in [-0.39, 0.29) is 23.5 Å². The fraction of sp³-hybridized carbons (Fsp3) is 0.429. The molecule has 1 aliphatic heterocycles. The molecule has 1 aliphatic rings. The molecule has 0 aliphatic carbocycles. The predicted molar refractivity (Wildman–Crippen MR) is 70.3 cm³/mol. The summed E-state index contributed by atoms with van der Waals surface area (Å²) in [6, 6.07) is 4.94. The van der Waals surface area contributed by atoms with Crippen LogP contribution in [0.4, 0.5) is 5.69 Å². The number of carbonyl (C=O) groups excluding carboxylic acids is 1. The normalized spacial score (nSPS) is 22.2. The molecule has 1 saturated heterocycles. The van der Waals surface area contributed by atoms with Gasteiger partial charge in [0, 0.05) is 6.61 Å². The van der Waals surface area contributed by atoms with Gasteiger partial charge in [0.1, 0.15) is 0 Å². The first-order valence-corrected chi connectivity index (χ1v) is 6.25. The summed E-state index contributed by atoms with van der Waals surface area (Å²) >= 11 is 0. The number of hydrogen-bond donors (Lipinski definition) is 2. The van der Waals surface area contributed by atoms with Crippen molar-refractivity contribution in [3.8, 4) is 0 Å². The highest BCUT2D eigenvalue weighted by molar-refractivity contribution is 6.01. The smallest absolute Gasteiger partial charge is 0.337 e. The molecule has 1 aromatic rings. The second-order valence-electron chi connectivity index (χ2n) is 4.81. The van der Waals surface area contributed by atoms with Crippen LogP contribution in [0.1, 0.15) is 29.3 Å². The van der Waals surface area contributed by atoms with E-state index in [4.69, 9.17) is 9.84 Å². The SMILES string of the molecule is Cc1ccc(NC(=O)C2CCOC2C)c(C(=O)O)c1. The predicted octanol–water partition coefficient (Wildman–Crippen LogP) is 2.06. The van der Waals surface area contributed by atoms with E-state index in [0.717, 1.165) is 5.56 Å². The number of nitrogens with one attached hydrogen (secondary N) is 1. The van der Waals surface area contributed by atoms with Crippen molar-refractivity contribution in [3.05, 3.63) is 29.3 Å². The maximum atomic E-state index is 12.1. The number of carboxylic acids is 1. The molecule has 0 aromatic heterocycles. The van der Waals surface area contributed by atoms with Crippen LogP contribution in [0.3, 0.4) is 0 Å². The largest absolute Gasteiger partial charge is 0.478 e. The van der Waals surface area contributed by atoms with Gasteiger partial charge in [-0.3, -0.25) is 4.79 Å². The summed E-state index contributed by atoms with van der Waals surface area (Å²) in [7, 11) is 0. The Bertz CT molecular complexity index is 512. The summed E-state index contributed by atoms with van der Waals surface area (Å²) in [6.45, 7) is 4.23. The summed E-state index contributed by atoms with van der Waals surface area (Å²) in [6.07, 6.45) is 0.542. The number of carboxylic acid groups (broad SMARTS) is 1. The van der Waals surface area contributed by atoms with Gasteiger partial charge in [-0.25, -0.2) is 4.79 Å². The summed E-state index contributed by atoms with van der Waals surface area (Å²) in [4.78, 5) is 23.3. The number of aromatic carboxylic acids is 1. The number of ether oxygens (including phenoxy) is 1. The van der Waals surface area contributed by atoms with E-state index < -0.39 is 5.97 Å². The van der Waals surface area contributed by atoms with Gasteiger partial charge in [-0.15, -0.1) is 0 Å². The fourth-order valence-electron chi connectivity index (χ4n) is 2.25. The molecule has 102 valence electrons. The lowest BCUT2D eigenvalue weighted by atomic mass is 10.0. The van der Waals surface area contributed by atoms with Gasteiger partial charge in [0.15, 0.2) is 0 Å². The molecular weight excluding hydrogens is 246 g/mol. The van der Waals surface area contributed by atoms with Crippen molar-refractivity contribution in [2.75, 3.05) is 11.9 Å². The number of hydrogen-bond acceptors (Lipinski definition) is 3. The van der Waals surface area contributed by atoms with Gasteiger partial charge in [-0.1, -0.05) is 11.6 Å². The van der Waals surface area contributed by atoms with Crippen LogP contribution in [-0.2, 0) is 9.53 Å². The maximum Gasteiger partial charge on any atom is 0.337 e. The van der Waals surface area contributed by atoms with Crippen LogP contribution in [0.5, 0.6) is 0 Å². The van der Waals surface area contributed by atoms with Crippen molar-refractivity contribution >= 4 is 17.6 Å². The molecule has 1 heterocycles. The second-order valence-corrected chi connectivity index (χ2v) is 4.81. The van der Waals surface area contributed by atoms with E-state index in [1.807, 2.05) is 13.8 Å². The molecule has 2 rings (SSSR count). The highest BCUT2D eigenvalue weighted by Crippen LogP contribution is 2.24. The van der Waals surface area contributed by atoms with E-state index in [1.54, 1.807) is 18.2 Å². The molecule has 1 fully saturated rings. The summed E-state index contributed by atoms with van der Waals surface area (Å²) < 4.78 is 5.34. The van der Waals surface area contributed by atoms with Gasteiger partial charge in [0.05, 0.1) is 23.3 Å². The van der Waals surface area contributed by atoms with Crippen LogP contribution in [0, 0.1) is 12.8 Å². The minimum absolute atomic E-state index is 0.111. The Morgan fingerprint density at radius 1 is 1.42 bits per heavy atom. The Balaban J connectivity index is 2.19. The Kier molecular flexibility index (Phi) is 3.85. The molecule has 2 N–H and O–H groups in total. The lowest BCUT2D eigenvalue weighted by Crippen LogP contribution is -2.28. The Morgan fingerprint density at radius 3 is 2.74 bits per heavy atom. The zero-order valence-corrected chi connectivity index (χ0v) is 11.0. The maximum absolute atomic E-state index is 12.1. The fourth-order valence-corrected chi connectivity index (χ4v) is 2.25. The van der Waals surface area contributed by atoms with E-state index in [2.05, 4.69) is 5.32 Å². The number of amides is 1. The molecule has 0 saturated carbocycles. The van der Waals surface area contributed by atoms with E-state index >= 15 is 0 Å². The third-order valence-electron chi connectivity index (χ3n) is 3.38. The van der Waals surface area contributed by atoms with Crippen molar-refractivity contribution in [3.63, 3.8) is 0 Å². The van der Waals surface area contributed by atoms with Gasteiger partial charge in [0.2, 0.25) is 5.91 Å². The van der Waals surface area contributed by atoms with Gasteiger partial charge in [-0.05, 0) is 32.4 Å². The standard InChI is InChI=1S/C14H17NO4/c1-8-3-4-12(11(7-8)14(17)18)15-13(16)10-5-6-19-9(10)2/h3-4,7,9-10H,5-6H2,1-2H3,(H,15,16)(H,17,18). The topological polar surface area (TPSA) is 75.6 Å². The average Bonchev–Trinajstić information content (AvgIpc) is 2.77. The van der Waals surface area contributed by atoms with Crippen molar-refractivity contribution < 1.29 is 19.4 Å². The number of benzene rings is 1. The zero-order chi connectivity index (χ0) is 14.0. The molecule has 0 radical (unpaired) electrons. The van der Waals surface area contributed by atoms with Crippen LogP contribution in [0.2, 0.25) is 0 Å². The molecule has 2 atom stereocenters. The van der Waals surface area contributed by atoms with E-state index in [0.29, 0.717) is 18.7 Å². The first-order valence-electron chi connectivity index (χ1n) is 6.25. The molecule has 0 bridgehead atoms. The first kappa shape index (κ1) is 13.5. The third-order valence-corrected chi connectivity index (χ3v) is 3.38. The van der Waals surface area contributed by atoms with Crippen LogP contribution in [0.15, 0.2) is 18.2 Å². The van der Waals surface area contributed by atoms with Gasteiger partial charge < -0.3 is 15.2 Å². The highest BCUT2D eigenvalue weighted by Gasteiger charge is 2.31. The number of rotatable bonds is 3. The first-order chi connectivity index (χ1) is 8.99. The summed E-state index contributed by atoms with van der Waals surface area (Å²) in [5.41, 5.74) is 1.29. The van der Waals surface area contributed by atoms with Crippen LogP contribution >= 0.6 is 0 Å². The summed E-state index contributed by atoms with van der Waals surface area (Å²) in [5, 5.41) is 11.8. The number of aryl methyl sites for hydroxylation is 1. The van der Waals surface area contributed by atoms with Gasteiger partial charge in [0.25, 0.3) is 0 Å². The highest BCUT2D eigenvalue weighted by atomic mass is 16.5. The molecule has 5 heteroatoms. The molecule has 1 amide bonds. The second kappa shape index (κ2) is 5.40. The summed E-state index contributed by atoms with van der Waals surface area (Å²) in [5.74, 6) is -1.45. The van der Waals surface area contributed by atoms with Crippen LogP contribution in [-0.4, -0.2) is 29.7 Å². The van der Waals surface area contributed by atoms with Crippen molar-refractivity contribution in [2.45, 2.75) is 26.4 Å². The van der Waals surface area contributed by atoms with E-state index in [9.17, 15) is 9.59 Å². The van der Waals surface area contributed by atoms with Crippen LogP contribution in [0.25, 0.3) is 0 Å². The lowest BCUT2D eigenvalue weighted by molar-refractivity contribution is -0.121. The minimum Gasteiger partial charge on any atom is -0.478 e. The lowest BCUT2D eigenvalue weighted by Gasteiger charge is -2.15. The molecule has 1 aromatic carbocycles. The number of anilines is 1. The van der Waals surface area contributed by atoms with Crippen molar-refractivity contribution in [1.82, 2.24) is 0 Å². The molecule has 19 heavy (non-hydrogen) atoms. The Morgan fingerprint density at radius 2 is 2.16 bits per heavy atom. The molecular formula is C14H17NO4. The molecule has 5 nitrogen and oxygen atoms in total. The Labute approximate surface area is 111 Å². The monoisotopic (exact) mass is 263 g/mol. The third kappa shape index (κ3) is 2.93. The Hall–Kier alpha value is -1.88. The van der Waals surface area contributed by atoms with Gasteiger partial charge in [-0.2, -0.15) is 0 Å². The van der Waals surface area contributed by atoms with Crippen LogP contribution < -0.4 is 5.32 Å². The van der Waals surface area contributed by atoms with Crippen molar-refractivity contribution in [1.29, 1.82) is 0 Å². The molecule has 2 unspecified atom stereocenters. The molecule has 0 spiro atoms. The van der Waals surface area contributed by atoms with E-state index in [1.165, 1.54) is 0 Å².